The molecule has 1 aliphatic rings. The van der Waals surface area contributed by atoms with Gasteiger partial charge in [0.15, 0.2) is 0 Å². The Kier molecular flexibility index (Phi) is 2.72. The first-order valence-electron chi connectivity index (χ1n) is 6.48. The average molecular weight is 249 g/mol. The van der Waals surface area contributed by atoms with E-state index in [1.165, 1.54) is 0 Å². The lowest BCUT2D eigenvalue weighted by molar-refractivity contribution is 0.0934. The summed E-state index contributed by atoms with van der Waals surface area (Å²) in [6.07, 6.45) is 1.80. The second-order valence-corrected chi connectivity index (χ2v) is 6.29. The van der Waals surface area contributed by atoms with Crippen molar-refractivity contribution in [1.29, 1.82) is 0 Å². The zero-order chi connectivity index (χ0) is 13.7. The summed E-state index contributed by atoms with van der Waals surface area (Å²) in [6, 6.07) is 1.96. The highest BCUT2D eigenvalue weighted by molar-refractivity contribution is 5.94. The summed E-state index contributed by atoms with van der Waals surface area (Å²) in [4.78, 5) is 12.3. The van der Waals surface area contributed by atoms with Crippen LogP contribution < -0.4 is 11.1 Å². The highest BCUT2D eigenvalue weighted by Gasteiger charge is 2.65. The quantitative estimate of drug-likeness (QED) is 0.863. The number of aryl methyl sites for hydroxylation is 1. The average Bonchev–Trinajstić information content (AvgIpc) is 2.64. The molecule has 1 fully saturated rings. The monoisotopic (exact) mass is 249 g/mol. The van der Waals surface area contributed by atoms with Gasteiger partial charge in [-0.2, -0.15) is 0 Å². The summed E-state index contributed by atoms with van der Waals surface area (Å²) in [6.45, 7) is 11.5. The standard InChI is InChI=1S/C14H23N3O/c1-6-17-8-9(15)7-10(17)11(18)16-12-13(2,3)14(12,4)5/h7-8,12H,6,15H2,1-5H3,(H,16,18). The molecule has 100 valence electrons. The van der Waals surface area contributed by atoms with Crippen LogP contribution in [0.25, 0.3) is 0 Å². The van der Waals surface area contributed by atoms with E-state index < -0.39 is 0 Å². The van der Waals surface area contributed by atoms with E-state index in [-0.39, 0.29) is 22.8 Å². The fourth-order valence-corrected chi connectivity index (χ4v) is 2.75. The van der Waals surface area contributed by atoms with Gasteiger partial charge in [0.2, 0.25) is 0 Å². The van der Waals surface area contributed by atoms with Gasteiger partial charge in [-0.15, -0.1) is 0 Å². The minimum absolute atomic E-state index is 0.0304. The van der Waals surface area contributed by atoms with Crippen LogP contribution in [0.4, 0.5) is 5.69 Å². The third-order valence-corrected chi connectivity index (χ3v) is 4.79. The number of aromatic nitrogens is 1. The van der Waals surface area contributed by atoms with E-state index in [4.69, 9.17) is 5.73 Å². The third kappa shape index (κ3) is 1.71. The van der Waals surface area contributed by atoms with Crippen LogP contribution in [0, 0.1) is 10.8 Å². The number of nitrogens with zero attached hydrogens (tertiary/aromatic N) is 1. The molecule has 0 spiro atoms. The molecule has 18 heavy (non-hydrogen) atoms. The molecule has 1 aliphatic carbocycles. The van der Waals surface area contributed by atoms with Crippen LogP contribution in [0.2, 0.25) is 0 Å². The van der Waals surface area contributed by atoms with Crippen LogP contribution >= 0.6 is 0 Å². The summed E-state index contributed by atoms with van der Waals surface area (Å²) >= 11 is 0. The minimum atomic E-state index is -0.0304. The summed E-state index contributed by atoms with van der Waals surface area (Å²) in [5.74, 6) is -0.0304. The molecule has 0 saturated heterocycles. The Hall–Kier alpha value is -1.45. The molecule has 2 rings (SSSR count). The highest BCUT2D eigenvalue weighted by atomic mass is 16.2. The molecule has 1 aromatic heterocycles. The van der Waals surface area contributed by atoms with Crippen molar-refractivity contribution >= 4 is 11.6 Å². The van der Waals surface area contributed by atoms with Crippen molar-refractivity contribution in [2.75, 3.05) is 5.73 Å². The van der Waals surface area contributed by atoms with Gasteiger partial charge in [-0.05, 0) is 23.8 Å². The van der Waals surface area contributed by atoms with Crippen molar-refractivity contribution in [3.05, 3.63) is 18.0 Å². The summed E-state index contributed by atoms with van der Waals surface area (Å²) in [7, 11) is 0. The molecule has 0 aliphatic heterocycles. The van der Waals surface area contributed by atoms with Crippen LogP contribution in [-0.2, 0) is 6.54 Å². The molecule has 0 atom stereocenters. The lowest BCUT2D eigenvalue weighted by atomic mass is 10.0. The zero-order valence-electron chi connectivity index (χ0n) is 11.9. The number of carbonyl (C=O) groups is 1. The van der Waals surface area contributed by atoms with Gasteiger partial charge in [0, 0.05) is 18.8 Å². The molecule has 0 radical (unpaired) electrons. The van der Waals surface area contributed by atoms with E-state index in [0.29, 0.717) is 11.4 Å². The smallest absolute Gasteiger partial charge is 0.268 e. The summed E-state index contributed by atoms with van der Waals surface area (Å²) < 4.78 is 1.88. The number of rotatable bonds is 3. The number of amides is 1. The molecule has 4 heteroatoms. The maximum atomic E-state index is 12.3. The number of carbonyl (C=O) groups excluding carboxylic acids is 1. The molecule has 1 heterocycles. The van der Waals surface area contributed by atoms with Gasteiger partial charge in [0.1, 0.15) is 5.69 Å². The molecule has 3 N–H and O–H groups in total. The number of nitrogen functional groups attached to an aromatic ring is 1. The second kappa shape index (κ2) is 3.77. The van der Waals surface area contributed by atoms with Crippen molar-refractivity contribution in [2.24, 2.45) is 10.8 Å². The van der Waals surface area contributed by atoms with E-state index in [9.17, 15) is 4.79 Å². The molecule has 4 nitrogen and oxygen atoms in total. The third-order valence-electron chi connectivity index (χ3n) is 4.79. The first kappa shape index (κ1) is 13.0. The molecular formula is C14H23N3O. The van der Waals surface area contributed by atoms with Crippen LogP contribution in [-0.4, -0.2) is 16.5 Å². The molecular weight excluding hydrogens is 226 g/mol. The molecule has 0 bridgehead atoms. The molecule has 1 saturated carbocycles. The van der Waals surface area contributed by atoms with Gasteiger partial charge >= 0.3 is 0 Å². The maximum absolute atomic E-state index is 12.3. The van der Waals surface area contributed by atoms with Gasteiger partial charge in [-0.25, -0.2) is 0 Å². The van der Waals surface area contributed by atoms with Gasteiger partial charge in [-0.3, -0.25) is 4.79 Å². The fraction of sp³-hybridized carbons (Fsp3) is 0.643. The molecule has 0 aromatic carbocycles. The molecule has 0 unspecified atom stereocenters. The first-order chi connectivity index (χ1) is 8.21. The van der Waals surface area contributed by atoms with E-state index >= 15 is 0 Å². The minimum Gasteiger partial charge on any atom is -0.397 e. The predicted octanol–water partition coefficient (Wildman–Crippen LogP) is 2.25. The van der Waals surface area contributed by atoms with Crippen molar-refractivity contribution < 1.29 is 4.79 Å². The Morgan fingerprint density at radius 2 is 1.94 bits per heavy atom. The van der Waals surface area contributed by atoms with Crippen molar-refractivity contribution in [1.82, 2.24) is 9.88 Å². The van der Waals surface area contributed by atoms with Gasteiger partial charge in [0.05, 0.1) is 5.69 Å². The molecule has 1 amide bonds. The van der Waals surface area contributed by atoms with Crippen LogP contribution in [0.3, 0.4) is 0 Å². The Labute approximate surface area is 109 Å². The number of nitrogens with one attached hydrogen (secondary N) is 1. The van der Waals surface area contributed by atoms with Gasteiger partial charge in [0.25, 0.3) is 5.91 Å². The first-order valence-corrected chi connectivity index (χ1v) is 6.48. The van der Waals surface area contributed by atoms with Crippen molar-refractivity contribution in [3.63, 3.8) is 0 Å². The Balaban J connectivity index is 2.15. The lowest BCUT2D eigenvalue weighted by Crippen LogP contribution is -2.31. The normalized spacial score (nSPS) is 20.7. The zero-order valence-corrected chi connectivity index (χ0v) is 11.9. The molecule has 1 aromatic rings. The van der Waals surface area contributed by atoms with Crippen LogP contribution in [0.15, 0.2) is 12.3 Å². The number of hydrogen-bond acceptors (Lipinski definition) is 2. The van der Waals surface area contributed by atoms with Crippen LogP contribution in [0.1, 0.15) is 45.1 Å². The van der Waals surface area contributed by atoms with E-state index in [1.54, 1.807) is 12.3 Å². The summed E-state index contributed by atoms with van der Waals surface area (Å²) in [5, 5.41) is 3.12. The Bertz CT molecular complexity index is 471. The van der Waals surface area contributed by atoms with Crippen LogP contribution in [0.5, 0.6) is 0 Å². The number of hydrogen-bond donors (Lipinski definition) is 2. The lowest BCUT2D eigenvalue weighted by Gasteiger charge is -2.09. The van der Waals surface area contributed by atoms with Crippen molar-refractivity contribution in [2.45, 2.75) is 47.2 Å². The number of nitrogens with two attached hydrogens (primary N) is 1. The van der Waals surface area contributed by atoms with Gasteiger partial charge in [-0.1, -0.05) is 27.7 Å². The van der Waals surface area contributed by atoms with E-state index in [2.05, 4.69) is 33.0 Å². The highest BCUT2D eigenvalue weighted by Crippen LogP contribution is 2.62. The Morgan fingerprint density at radius 3 is 2.39 bits per heavy atom. The second-order valence-electron chi connectivity index (χ2n) is 6.29. The fourth-order valence-electron chi connectivity index (χ4n) is 2.75. The SMILES string of the molecule is CCn1cc(N)cc1C(=O)NC1C(C)(C)C1(C)C. The number of anilines is 1. The maximum Gasteiger partial charge on any atom is 0.268 e. The largest absolute Gasteiger partial charge is 0.397 e. The van der Waals surface area contributed by atoms with Gasteiger partial charge < -0.3 is 15.6 Å². The predicted molar refractivity (Wildman–Crippen MR) is 73.3 cm³/mol. The van der Waals surface area contributed by atoms with E-state index in [0.717, 1.165) is 6.54 Å². The van der Waals surface area contributed by atoms with Crippen molar-refractivity contribution in [3.8, 4) is 0 Å². The summed E-state index contributed by atoms with van der Waals surface area (Å²) in [5.41, 5.74) is 7.33. The topological polar surface area (TPSA) is 60.0 Å². The van der Waals surface area contributed by atoms with E-state index in [1.807, 2.05) is 11.5 Å². The Morgan fingerprint density at radius 1 is 1.39 bits per heavy atom.